The van der Waals surface area contributed by atoms with Gasteiger partial charge in [0, 0.05) is 11.3 Å². The molecule has 0 heterocycles. The van der Waals surface area contributed by atoms with Crippen LogP contribution in [0, 0.1) is 0 Å². The molecular formula is C13H19NS. The number of hydrogen-bond donors (Lipinski definition) is 1. The molecule has 0 aromatic heterocycles. The highest BCUT2D eigenvalue weighted by Gasteiger charge is 2.31. The third kappa shape index (κ3) is 1.93. The highest BCUT2D eigenvalue weighted by molar-refractivity contribution is 7.99. The fourth-order valence-corrected chi connectivity index (χ4v) is 3.66. The van der Waals surface area contributed by atoms with Gasteiger partial charge in [0.05, 0.1) is 0 Å². The van der Waals surface area contributed by atoms with Crippen LogP contribution in [0.3, 0.4) is 0 Å². The van der Waals surface area contributed by atoms with Crippen LogP contribution < -0.4 is 5.32 Å². The van der Waals surface area contributed by atoms with E-state index in [1.165, 1.54) is 17.5 Å². The van der Waals surface area contributed by atoms with Gasteiger partial charge in [-0.3, -0.25) is 0 Å². The van der Waals surface area contributed by atoms with E-state index in [0.717, 1.165) is 0 Å². The summed E-state index contributed by atoms with van der Waals surface area (Å²) in [4.78, 5) is 0. The zero-order chi connectivity index (χ0) is 10.8. The predicted octanol–water partition coefficient (Wildman–Crippen LogP) is 3.19. The number of benzene rings is 1. The van der Waals surface area contributed by atoms with Gasteiger partial charge >= 0.3 is 0 Å². The fourth-order valence-electron chi connectivity index (χ4n) is 2.63. The quantitative estimate of drug-likeness (QED) is 0.823. The summed E-state index contributed by atoms with van der Waals surface area (Å²) in [5.41, 5.74) is 3.03. The molecule has 0 saturated heterocycles. The van der Waals surface area contributed by atoms with Crippen LogP contribution in [0.15, 0.2) is 24.3 Å². The number of hydrogen-bond acceptors (Lipinski definition) is 2. The average molecular weight is 221 g/mol. The Morgan fingerprint density at radius 1 is 1.27 bits per heavy atom. The molecule has 3 atom stereocenters. The van der Waals surface area contributed by atoms with Crippen LogP contribution in [0.4, 0.5) is 0 Å². The van der Waals surface area contributed by atoms with Gasteiger partial charge in [0.1, 0.15) is 0 Å². The van der Waals surface area contributed by atoms with Gasteiger partial charge in [-0.05, 0) is 36.8 Å². The monoisotopic (exact) mass is 221 g/mol. The summed E-state index contributed by atoms with van der Waals surface area (Å²) >= 11 is 1.98. The van der Waals surface area contributed by atoms with Crippen molar-refractivity contribution in [2.75, 3.05) is 13.3 Å². The molecule has 2 heteroatoms. The zero-order valence-electron chi connectivity index (χ0n) is 9.66. The normalized spacial score (nSPS) is 29.9. The molecule has 1 aliphatic carbocycles. The Balaban J connectivity index is 2.41. The van der Waals surface area contributed by atoms with Crippen molar-refractivity contribution in [1.29, 1.82) is 0 Å². The molecule has 1 nitrogen and oxygen atoms in total. The molecule has 2 rings (SSSR count). The van der Waals surface area contributed by atoms with E-state index < -0.39 is 0 Å². The second-order valence-electron chi connectivity index (χ2n) is 4.31. The molecular weight excluding hydrogens is 202 g/mol. The van der Waals surface area contributed by atoms with Crippen LogP contribution >= 0.6 is 11.8 Å². The fraction of sp³-hybridized carbons (Fsp3) is 0.538. The number of rotatable bonds is 2. The third-order valence-corrected chi connectivity index (χ3v) is 4.50. The molecule has 15 heavy (non-hydrogen) atoms. The van der Waals surface area contributed by atoms with E-state index in [9.17, 15) is 0 Å². The van der Waals surface area contributed by atoms with Crippen molar-refractivity contribution in [3.8, 4) is 0 Å². The minimum absolute atomic E-state index is 0.521. The lowest BCUT2D eigenvalue weighted by Crippen LogP contribution is -2.33. The van der Waals surface area contributed by atoms with Gasteiger partial charge in [0.15, 0.2) is 0 Å². The van der Waals surface area contributed by atoms with Crippen LogP contribution in [0.2, 0.25) is 0 Å². The van der Waals surface area contributed by atoms with Crippen molar-refractivity contribution < 1.29 is 0 Å². The third-order valence-electron chi connectivity index (χ3n) is 3.43. The molecule has 1 aromatic rings. The molecule has 0 radical (unpaired) electrons. The maximum Gasteiger partial charge on any atom is 0.0441 e. The van der Waals surface area contributed by atoms with Gasteiger partial charge < -0.3 is 5.32 Å². The zero-order valence-corrected chi connectivity index (χ0v) is 10.5. The molecule has 0 saturated carbocycles. The van der Waals surface area contributed by atoms with E-state index in [1.54, 1.807) is 0 Å². The molecule has 82 valence electrons. The molecule has 0 spiro atoms. The smallest absolute Gasteiger partial charge is 0.0441 e. The summed E-state index contributed by atoms with van der Waals surface area (Å²) in [7, 11) is 2.07. The molecule has 1 aliphatic rings. The first kappa shape index (κ1) is 11.0. The Hall–Kier alpha value is -0.470. The van der Waals surface area contributed by atoms with Crippen molar-refractivity contribution >= 4 is 11.8 Å². The second-order valence-corrected chi connectivity index (χ2v) is 5.38. The molecule has 0 amide bonds. The molecule has 3 unspecified atom stereocenters. The van der Waals surface area contributed by atoms with E-state index in [0.29, 0.717) is 17.2 Å². The Bertz CT molecular complexity index is 337. The first-order valence-electron chi connectivity index (χ1n) is 5.56. The van der Waals surface area contributed by atoms with E-state index in [1.807, 2.05) is 11.8 Å². The van der Waals surface area contributed by atoms with Gasteiger partial charge in [-0.2, -0.15) is 11.8 Å². The topological polar surface area (TPSA) is 12.0 Å². The van der Waals surface area contributed by atoms with E-state index >= 15 is 0 Å². The standard InChI is InChI=1S/C13H19NS/c1-9-8-12(15-3)13(14-2)11-7-5-4-6-10(9)11/h4-7,9,12-14H,8H2,1-3H3. The van der Waals surface area contributed by atoms with Crippen LogP contribution in [-0.4, -0.2) is 18.6 Å². The van der Waals surface area contributed by atoms with Crippen molar-refractivity contribution in [1.82, 2.24) is 5.32 Å². The Morgan fingerprint density at radius 2 is 1.93 bits per heavy atom. The molecule has 0 fully saturated rings. The lowest BCUT2D eigenvalue weighted by molar-refractivity contribution is 0.473. The van der Waals surface area contributed by atoms with Crippen LogP contribution in [-0.2, 0) is 0 Å². The van der Waals surface area contributed by atoms with Crippen LogP contribution in [0.1, 0.15) is 36.4 Å². The van der Waals surface area contributed by atoms with E-state index in [-0.39, 0.29) is 0 Å². The first-order valence-corrected chi connectivity index (χ1v) is 6.85. The largest absolute Gasteiger partial charge is 0.312 e. The average Bonchev–Trinajstić information content (AvgIpc) is 2.29. The lowest BCUT2D eigenvalue weighted by atomic mass is 9.81. The lowest BCUT2D eigenvalue weighted by Gasteiger charge is -2.35. The SMILES string of the molecule is CNC1c2ccccc2C(C)CC1SC. The maximum atomic E-state index is 3.46. The molecule has 0 bridgehead atoms. The van der Waals surface area contributed by atoms with Crippen LogP contribution in [0.5, 0.6) is 0 Å². The van der Waals surface area contributed by atoms with Crippen LogP contribution in [0.25, 0.3) is 0 Å². The van der Waals surface area contributed by atoms with E-state index in [2.05, 4.69) is 49.8 Å². The van der Waals surface area contributed by atoms with Gasteiger partial charge in [0.25, 0.3) is 0 Å². The summed E-state index contributed by atoms with van der Waals surface area (Å²) in [6.45, 7) is 2.34. The molecule has 0 aliphatic heterocycles. The predicted molar refractivity (Wildman–Crippen MR) is 68.6 cm³/mol. The highest BCUT2D eigenvalue weighted by Crippen LogP contribution is 2.41. The summed E-state index contributed by atoms with van der Waals surface area (Å²) in [5, 5.41) is 4.17. The van der Waals surface area contributed by atoms with Gasteiger partial charge in [0.2, 0.25) is 0 Å². The van der Waals surface area contributed by atoms with Gasteiger partial charge in [-0.25, -0.2) is 0 Å². The summed E-state index contributed by atoms with van der Waals surface area (Å²) < 4.78 is 0. The Kier molecular flexibility index (Phi) is 3.37. The molecule has 1 aromatic carbocycles. The summed E-state index contributed by atoms with van der Waals surface area (Å²) in [6, 6.07) is 9.38. The highest BCUT2D eigenvalue weighted by atomic mass is 32.2. The Labute approximate surface area is 96.7 Å². The number of nitrogens with one attached hydrogen (secondary N) is 1. The second kappa shape index (κ2) is 4.58. The maximum absolute atomic E-state index is 3.46. The summed E-state index contributed by atoms with van der Waals surface area (Å²) in [6.07, 6.45) is 3.50. The first-order chi connectivity index (χ1) is 7.27. The van der Waals surface area contributed by atoms with Crippen molar-refractivity contribution in [3.05, 3.63) is 35.4 Å². The van der Waals surface area contributed by atoms with E-state index in [4.69, 9.17) is 0 Å². The van der Waals surface area contributed by atoms with Gasteiger partial charge in [-0.1, -0.05) is 31.2 Å². The summed E-state index contributed by atoms with van der Waals surface area (Å²) in [5.74, 6) is 0.697. The molecule has 1 N–H and O–H groups in total. The van der Waals surface area contributed by atoms with Crippen molar-refractivity contribution in [3.63, 3.8) is 0 Å². The van der Waals surface area contributed by atoms with Crippen molar-refractivity contribution in [2.45, 2.75) is 30.6 Å². The number of thioether (sulfide) groups is 1. The Morgan fingerprint density at radius 3 is 2.53 bits per heavy atom. The minimum atomic E-state index is 0.521. The van der Waals surface area contributed by atoms with Crippen molar-refractivity contribution in [2.24, 2.45) is 0 Å². The van der Waals surface area contributed by atoms with Gasteiger partial charge in [-0.15, -0.1) is 0 Å². The minimum Gasteiger partial charge on any atom is -0.312 e. The number of fused-ring (bicyclic) bond motifs is 1.